The van der Waals surface area contributed by atoms with E-state index in [9.17, 15) is 13.2 Å². The van der Waals surface area contributed by atoms with Gasteiger partial charge in [0.15, 0.2) is 0 Å². The zero-order valence-corrected chi connectivity index (χ0v) is 17.4. The monoisotopic (exact) mass is 463 g/mol. The summed E-state index contributed by atoms with van der Waals surface area (Å²) >= 11 is 3.27. The Hall–Kier alpha value is -2.49. The van der Waals surface area contributed by atoms with Gasteiger partial charge in [-0.2, -0.15) is 5.10 Å². The Bertz CT molecular complexity index is 1110. The third kappa shape index (κ3) is 4.86. The summed E-state index contributed by atoms with van der Waals surface area (Å²) in [5, 5.41) is 4.32. The van der Waals surface area contributed by atoms with Gasteiger partial charge in [-0.25, -0.2) is 17.8 Å². The lowest BCUT2D eigenvalue weighted by molar-refractivity contribution is 0.415. The molecule has 0 aliphatic carbocycles. The van der Waals surface area contributed by atoms with E-state index in [0.29, 0.717) is 5.69 Å². The minimum Gasteiger partial charge on any atom is -0.497 e. The van der Waals surface area contributed by atoms with Crippen molar-refractivity contribution in [2.45, 2.75) is 11.4 Å². The van der Waals surface area contributed by atoms with Crippen LogP contribution in [0, 0.1) is 0 Å². The van der Waals surface area contributed by atoms with Gasteiger partial charge >= 0.3 is 0 Å². The average Bonchev–Trinajstić information content (AvgIpc) is 2.70. The minimum atomic E-state index is -3.66. The first-order valence-electron chi connectivity index (χ1n) is 8.37. The maximum absolute atomic E-state index is 12.3. The van der Waals surface area contributed by atoms with Crippen LogP contribution in [0.15, 0.2) is 74.8 Å². The molecule has 2 aromatic carbocycles. The van der Waals surface area contributed by atoms with Crippen LogP contribution in [0.1, 0.15) is 0 Å². The Morgan fingerprint density at radius 1 is 1.04 bits per heavy atom. The fraction of sp³-hybridized carbons (Fsp3) is 0.158. The van der Waals surface area contributed by atoms with E-state index in [2.05, 4.69) is 25.8 Å². The van der Waals surface area contributed by atoms with E-state index in [4.69, 9.17) is 4.74 Å². The zero-order chi connectivity index (χ0) is 20.1. The summed E-state index contributed by atoms with van der Waals surface area (Å²) in [4.78, 5) is 12.2. The van der Waals surface area contributed by atoms with Crippen molar-refractivity contribution in [3.8, 4) is 17.0 Å². The molecule has 0 bridgehead atoms. The molecule has 3 aromatic rings. The molecule has 1 N–H and O–H groups in total. The Labute approximate surface area is 171 Å². The number of hydrogen-bond acceptors (Lipinski definition) is 5. The Kier molecular flexibility index (Phi) is 6.28. The average molecular weight is 464 g/mol. The molecule has 1 heterocycles. The minimum absolute atomic E-state index is 0.0391. The van der Waals surface area contributed by atoms with Crippen LogP contribution >= 0.6 is 15.9 Å². The van der Waals surface area contributed by atoms with Gasteiger partial charge in [0.2, 0.25) is 10.0 Å². The summed E-state index contributed by atoms with van der Waals surface area (Å²) in [5.74, 6) is 0.722. The topological polar surface area (TPSA) is 90.3 Å². The Balaban J connectivity index is 1.72. The lowest BCUT2D eigenvalue weighted by Gasteiger charge is -2.09. The van der Waals surface area contributed by atoms with Crippen molar-refractivity contribution in [2.75, 3.05) is 13.7 Å². The summed E-state index contributed by atoms with van der Waals surface area (Å²) in [7, 11) is -2.07. The molecule has 0 amide bonds. The molecule has 146 valence electrons. The highest BCUT2D eigenvalue weighted by atomic mass is 79.9. The largest absolute Gasteiger partial charge is 0.497 e. The number of sulfonamides is 1. The number of halogens is 1. The van der Waals surface area contributed by atoms with Crippen LogP contribution in [0.5, 0.6) is 5.75 Å². The number of ether oxygens (including phenoxy) is 1. The lowest BCUT2D eigenvalue weighted by atomic mass is 10.1. The van der Waals surface area contributed by atoms with Crippen molar-refractivity contribution in [2.24, 2.45) is 0 Å². The van der Waals surface area contributed by atoms with Crippen LogP contribution in [0.25, 0.3) is 11.3 Å². The van der Waals surface area contributed by atoms with Gasteiger partial charge in [0.05, 0.1) is 24.2 Å². The number of methoxy groups -OCH3 is 1. The van der Waals surface area contributed by atoms with Crippen LogP contribution in [-0.2, 0) is 16.6 Å². The molecule has 0 saturated carbocycles. The van der Waals surface area contributed by atoms with Crippen molar-refractivity contribution >= 4 is 26.0 Å². The summed E-state index contributed by atoms with van der Waals surface area (Å²) < 4.78 is 34.3. The zero-order valence-electron chi connectivity index (χ0n) is 15.0. The number of nitrogens with one attached hydrogen (secondary N) is 1. The van der Waals surface area contributed by atoms with E-state index in [-0.39, 0.29) is 23.5 Å². The molecule has 0 aliphatic rings. The molecule has 9 heteroatoms. The second-order valence-electron chi connectivity index (χ2n) is 5.86. The highest BCUT2D eigenvalue weighted by Crippen LogP contribution is 2.19. The van der Waals surface area contributed by atoms with Gasteiger partial charge in [-0.3, -0.25) is 4.79 Å². The molecule has 0 radical (unpaired) electrons. The number of benzene rings is 2. The first-order chi connectivity index (χ1) is 13.4. The maximum atomic E-state index is 12.3. The predicted octanol–water partition coefficient (Wildman–Crippen LogP) is 2.66. The summed E-state index contributed by atoms with van der Waals surface area (Å²) in [5.41, 5.74) is 1.13. The molecule has 0 aliphatic heterocycles. The summed E-state index contributed by atoms with van der Waals surface area (Å²) in [6.07, 6.45) is 0. The van der Waals surface area contributed by atoms with Crippen molar-refractivity contribution < 1.29 is 13.2 Å². The standard InChI is InChI=1S/C19H18BrN3O4S/c1-27-16-6-2-14(3-7-16)18-10-11-19(24)23(22-18)13-12-21-28(25,26)17-8-4-15(20)5-9-17/h2-11,21H,12-13H2,1H3. The molecule has 0 fully saturated rings. The molecule has 0 spiro atoms. The van der Waals surface area contributed by atoms with E-state index >= 15 is 0 Å². The lowest BCUT2D eigenvalue weighted by Crippen LogP contribution is -2.32. The Morgan fingerprint density at radius 2 is 1.71 bits per heavy atom. The Morgan fingerprint density at radius 3 is 2.36 bits per heavy atom. The van der Waals surface area contributed by atoms with Gasteiger partial charge in [-0.1, -0.05) is 15.9 Å². The van der Waals surface area contributed by atoms with E-state index in [1.165, 1.54) is 22.9 Å². The molecule has 0 atom stereocenters. The van der Waals surface area contributed by atoms with E-state index in [1.54, 1.807) is 37.4 Å². The highest BCUT2D eigenvalue weighted by molar-refractivity contribution is 9.10. The molecular formula is C19H18BrN3O4S. The second kappa shape index (κ2) is 8.68. The third-order valence-electron chi connectivity index (χ3n) is 3.99. The normalized spacial score (nSPS) is 11.4. The van der Waals surface area contributed by atoms with Crippen molar-refractivity contribution in [3.05, 3.63) is 75.5 Å². The molecule has 3 rings (SSSR count). The summed E-state index contributed by atoms with van der Waals surface area (Å²) in [6, 6.07) is 16.6. The van der Waals surface area contributed by atoms with Crippen LogP contribution in [-0.4, -0.2) is 31.9 Å². The first kappa shape index (κ1) is 20.2. The predicted molar refractivity (Wildman–Crippen MR) is 110 cm³/mol. The van der Waals surface area contributed by atoms with Crippen LogP contribution < -0.4 is 15.0 Å². The van der Waals surface area contributed by atoms with E-state index in [1.807, 2.05) is 12.1 Å². The molecule has 7 nitrogen and oxygen atoms in total. The highest BCUT2D eigenvalue weighted by Gasteiger charge is 2.13. The van der Waals surface area contributed by atoms with Crippen molar-refractivity contribution in [3.63, 3.8) is 0 Å². The SMILES string of the molecule is COc1ccc(-c2ccc(=O)n(CCNS(=O)(=O)c3ccc(Br)cc3)n2)cc1. The first-order valence-corrected chi connectivity index (χ1v) is 10.6. The number of hydrogen-bond donors (Lipinski definition) is 1. The van der Waals surface area contributed by atoms with Gasteiger partial charge in [-0.05, 0) is 54.6 Å². The van der Waals surface area contributed by atoms with E-state index < -0.39 is 10.0 Å². The van der Waals surface area contributed by atoms with Crippen LogP contribution in [0.4, 0.5) is 0 Å². The van der Waals surface area contributed by atoms with Gasteiger partial charge in [0, 0.05) is 22.6 Å². The molecule has 28 heavy (non-hydrogen) atoms. The van der Waals surface area contributed by atoms with Gasteiger partial charge in [0.25, 0.3) is 5.56 Å². The summed E-state index contributed by atoms with van der Waals surface area (Å²) in [6.45, 7) is 0.149. The maximum Gasteiger partial charge on any atom is 0.266 e. The quantitative estimate of drug-likeness (QED) is 0.581. The van der Waals surface area contributed by atoms with Gasteiger partial charge in [0.1, 0.15) is 5.75 Å². The van der Waals surface area contributed by atoms with Crippen LogP contribution in [0.2, 0.25) is 0 Å². The molecule has 0 unspecified atom stereocenters. The molecular weight excluding hydrogens is 446 g/mol. The van der Waals surface area contributed by atoms with Crippen LogP contribution in [0.3, 0.4) is 0 Å². The van der Waals surface area contributed by atoms with E-state index in [0.717, 1.165) is 15.8 Å². The molecule has 0 saturated heterocycles. The van der Waals surface area contributed by atoms with Crippen molar-refractivity contribution in [1.82, 2.24) is 14.5 Å². The van der Waals surface area contributed by atoms with Crippen molar-refractivity contribution in [1.29, 1.82) is 0 Å². The number of rotatable bonds is 7. The number of aromatic nitrogens is 2. The molecule has 1 aromatic heterocycles. The second-order valence-corrected chi connectivity index (χ2v) is 8.54. The number of nitrogens with zero attached hydrogens (tertiary/aromatic N) is 2. The third-order valence-corrected chi connectivity index (χ3v) is 6.00. The fourth-order valence-electron chi connectivity index (χ4n) is 2.51. The fourth-order valence-corrected chi connectivity index (χ4v) is 3.79. The van der Waals surface area contributed by atoms with Gasteiger partial charge in [-0.15, -0.1) is 0 Å². The smallest absolute Gasteiger partial charge is 0.266 e. The van der Waals surface area contributed by atoms with Gasteiger partial charge < -0.3 is 4.74 Å².